The summed E-state index contributed by atoms with van der Waals surface area (Å²) in [5.41, 5.74) is 8.33. The van der Waals surface area contributed by atoms with Gasteiger partial charge < -0.3 is 25.4 Å². The van der Waals surface area contributed by atoms with E-state index in [1.165, 1.54) is 24.0 Å². The first-order valence-electron chi connectivity index (χ1n) is 13.9. The third kappa shape index (κ3) is 7.96. The smallest absolute Gasteiger partial charge is 0.404 e. The fraction of sp³-hybridized carbons (Fsp3) is 0.581. The molecule has 2 aliphatic rings. The van der Waals surface area contributed by atoms with Crippen LogP contribution in [0.1, 0.15) is 63.5 Å². The van der Waals surface area contributed by atoms with Crippen LogP contribution >= 0.6 is 0 Å². The van der Waals surface area contributed by atoms with Gasteiger partial charge in [0, 0.05) is 25.0 Å². The molecule has 1 aliphatic heterocycles. The lowest BCUT2D eigenvalue weighted by atomic mass is 9.72. The van der Waals surface area contributed by atoms with Crippen molar-refractivity contribution in [1.29, 1.82) is 0 Å². The number of primary amides is 1. The van der Waals surface area contributed by atoms with Crippen molar-refractivity contribution in [1.82, 2.24) is 10.2 Å². The van der Waals surface area contributed by atoms with E-state index in [2.05, 4.69) is 85.7 Å². The quantitative estimate of drug-likeness (QED) is 0.348. The molecule has 2 aromatic carbocycles. The van der Waals surface area contributed by atoms with Gasteiger partial charge in [0.2, 0.25) is 0 Å². The Balaban J connectivity index is 1.35. The molecular formula is C31H45N3O3. The molecule has 3 N–H and O–H groups in total. The maximum absolute atomic E-state index is 11.6. The van der Waals surface area contributed by atoms with Crippen LogP contribution in [0, 0.1) is 11.3 Å². The molecule has 0 aromatic heterocycles. The third-order valence-electron chi connectivity index (χ3n) is 8.19. The molecule has 202 valence electrons. The van der Waals surface area contributed by atoms with Crippen molar-refractivity contribution in [3.63, 3.8) is 0 Å². The standard InChI is InChI=1S/C31H45N3O3/c1-24(2)22-36-27-11-9-26(10-12-27)21-33-17-16-30(14-15-30)23-31(19-25-7-5-4-6-8-25)20-28(37-29(32)35)13-18-34(31)3/h4-12,24,28,33H,13-23H2,1-3H3,(H2,32,35). The second kappa shape index (κ2) is 12.3. The lowest BCUT2D eigenvalue weighted by Crippen LogP contribution is -2.56. The number of ether oxygens (including phenoxy) is 2. The number of nitrogens with one attached hydrogen (secondary N) is 1. The third-order valence-corrected chi connectivity index (χ3v) is 8.19. The predicted octanol–water partition coefficient (Wildman–Crippen LogP) is 5.54. The highest BCUT2D eigenvalue weighted by Gasteiger charge is 2.52. The van der Waals surface area contributed by atoms with Gasteiger partial charge in [0.1, 0.15) is 11.9 Å². The minimum atomic E-state index is -0.659. The van der Waals surface area contributed by atoms with Crippen molar-refractivity contribution in [2.45, 2.75) is 77.0 Å². The number of carbonyl (C=O) groups is 1. The van der Waals surface area contributed by atoms with E-state index in [0.717, 1.165) is 64.1 Å². The number of rotatable bonds is 13. The zero-order valence-electron chi connectivity index (χ0n) is 22.9. The Bertz CT molecular complexity index is 991. The number of likely N-dealkylation sites (tertiary alicyclic amines) is 1. The largest absolute Gasteiger partial charge is 0.493 e. The number of amides is 1. The van der Waals surface area contributed by atoms with Gasteiger partial charge in [-0.25, -0.2) is 4.79 Å². The van der Waals surface area contributed by atoms with E-state index >= 15 is 0 Å². The monoisotopic (exact) mass is 507 g/mol. The normalized spacial score (nSPS) is 23.1. The summed E-state index contributed by atoms with van der Waals surface area (Å²) in [6.07, 6.45) is 6.68. The van der Waals surface area contributed by atoms with Crippen LogP contribution in [0.3, 0.4) is 0 Å². The predicted molar refractivity (Wildman–Crippen MR) is 149 cm³/mol. The summed E-state index contributed by atoms with van der Waals surface area (Å²) in [5.74, 6) is 1.46. The fourth-order valence-electron chi connectivity index (χ4n) is 5.92. The number of nitrogens with two attached hydrogens (primary N) is 1. The number of carbonyl (C=O) groups excluding carboxylic acids is 1. The highest BCUT2D eigenvalue weighted by atomic mass is 16.6. The summed E-state index contributed by atoms with van der Waals surface area (Å²) in [6.45, 7) is 7.84. The van der Waals surface area contributed by atoms with E-state index in [0.29, 0.717) is 11.3 Å². The maximum Gasteiger partial charge on any atom is 0.404 e. The topological polar surface area (TPSA) is 76.8 Å². The van der Waals surface area contributed by atoms with E-state index in [4.69, 9.17) is 15.2 Å². The maximum atomic E-state index is 11.6. The van der Waals surface area contributed by atoms with E-state index < -0.39 is 6.09 Å². The van der Waals surface area contributed by atoms with Crippen LogP contribution in [-0.4, -0.2) is 49.4 Å². The second-order valence-corrected chi connectivity index (χ2v) is 11.8. The fourth-order valence-corrected chi connectivity index (χ4v) is 5.92. The van der Waals surface area contributed by atoms with Gasteiger partial charge in [-0.05, 0) is 86.7 Å². The minimum absolute atomic E-state index is 0.0396. The summed E-state index contributed by atoms with van der Waals surface area (Å²) in [7, 11) is 2.24. The SMILES string of the molecule is CC(C)COc1ccc(CNCCC2(CC3(Cc4ccccc4)CC(OC(N)=O)CCN3C)CC2)cc1. The lowest BCUT2D eigenvalue weighted by molar-refractivity contribution is -0.0287. The Morgan fingerprint density at radius 2 is 1.84 bits per heavy atom. The molecule has 6 heteroatoms. The first-order valence-corrected chi connectivity index (χ1v) is 13.9. The molecule has 0 spiro atoms. The molecule has 4 rings (SSSR count). The number of piperidine rings is 1. The van der Waals surface area contributed by atoms with Crippen molar-refractivity contribution in [2.24, 2.45) is 17.1 Å². The summed E-state index contributed by atoms with van der Waals surface area (Å²) >= 11 is 0. The van der Waals surface area contributed by atoms with Crippen molar-refractivity contribution >= 4 is 6.09 Å². The van der Waals surface area contributed by atoms with Gasteiger partial charge in [0.05, 0.1) is 6.61 Å². The van der Waals surface area contributed by atoms with Gasteiger partial charge in [0.15, 0.2) is 0 Å². The van der Waals surface area contributed by atoms with Gasteiger partial charge in [-0.15, -0.1) is 0 Å². The summed E-state index contributed by atoms with van der Waals surface area (Å²) in [6, 6.07) is 19.2. The highest BCUT2D eigenvalue weighted by molar-refractivity contribution is 5.64. The Hall–Kier alpha value is -2.57. The first-order chi connectivity index (χ1) is 17.8. The Morgan fingerprint density at radius 1 is 1.11 bits per heavy atom. The molecule has 1 amide bonds. The van der Waals surface area contributed by atoms with E-state index in [1.807, 2.05) is 0 Å². The van der Waals surface area contributed by atoms with E-state index in [9.17, 15) is 4.79 Å². The summed E-state index contributed by atoms with van der Waals surface area (Å²) < 4.78 is 11.3. The molecule has 1 aliphatic carbocycles. The molecule has 37 heavy (non-hydrogen) atoms. The summed E-state index contributed by atoms with van der Waals surface area (Å²) in [4.78, 5) is 14.1. The molecule has 2 unspecified atom stereocenters. The molecule has 0 radical (unpaired) electrons. The van der Waals surface area contributed by atoms with Gasteiger partial charge in [-0.2, -0.15) is 0 Å². The molecule has 6 nitrogen and oxygen atoms in total. The van der Waals surface area contributed by atoms with Gasteiger partial charge in [-0.3, -0.25) is 0 Å². The van der Waals surface area contributed by atoms with Crippen LogP contribution in [0.2, 0.25) is 0 Å². The Kier molecular flexibility index (Phi) is 9.14. The number of hydrogen-bond acceptors (Lipinski definition) is 5. The number of hydrogen-bond donors (Lipinski definition) is 2. The second-order valence-electron chi connectivity index (χ2n) is 11.8. The zero-order chi connectivity index (χ0) is 26.3. The van der Waals surface area contributed by atoms with Crippen LogP contribution in [0.15, 0.2) is 54.6 Å². The van der Waals surface area contributed by atoms with Crippen molar-refractivity contribution in [3.05, 3.63) is 65.7 Å². The summed E-state index contributed by atoms with van der Waals surface area (Å²) in [5, 5.41) is 3.67. The van der Waals surface area contributed by atoms with Crippen molar-refractivity contribution < 1.29 is 14.3 Å². The Morgan fingerprint density at radius 3 is 2.49 bits per heavy atom. The van der Waals surface area contributed by atoms with Gasteiger partial charge in [0.25, 0.3) is 0 Å². The minimum Gasteiger partial charge on any atom is -0.493 e. The lowest BCUT2D eigenvalue weighted by Gasteiger charge is -2.50. The molecular weight excluding hydrogens is 462 g/mol. The van der Waals surface area contributed by atoms with E-state index in [-0.39, 0.29) is 11.6 Å². The molecule has 2 fully saturated rings. The number of nitrogens with zero attached hydrogens (tertiary/aromatic N) is 1. The molecule has 0 bridgehead atoms. The number of benzene rings is 2. The van der Waals surface area contributed by atoms with E-state index in [1.54, 1.807) is 0 Å². The van der Waals surface area contributed by atoms with Gasteiger partial charge in [-0.1, -0.05) is 56.3 Å². The van der Waals surface area contributed by atoms with Crippen LogP contribution in [0.4, 0.5) is 4.79 Å². The average molecular weight is 508 g/mol. The van der Waals surface area contributed by atoms with Crippen molar-refractivity contribution in [2.75, 3.05) is 26.7 Å². The first kappa shape index (κ1) is 27.5. The molecule has 2 atom stereocenters. The van der Waals surface area contributed by atoms with Crippen LogP contribution < -0.4 is 15.8 Å². The molecule has 2 aromatic rings. The van der Waals surface area contributed by atoms with Crippen LogP contribution in [0.25, 0.3) is 0 Å². The molecule has 1 saturated carbocycles. The zero-order valence-corrected chi connectivity index (χ0v) is 22.9. The number of likely N-dealkylation sites (N-methyl/N-ethyl adjacent to an activating group) is 1. The van der Waals surface area contributed by atoms with Crippen LogP contribution in [-0.2, 0) is 17.7 Å². The molecule has 1 heterocycles. The van der Waals surface area contributed by atoms with Crippen molar-refractivity contribution in [3.8, 4) is 5.75 Å². The average Bonchev–Trinajstić information content (AvgIpc) is 3.63. The Labute approximate surface area is 222 Å². The molecule has 1 saturated heterocycles. The highest BCUT2D eigenvalue weighted by Crippen LogP contribution is 2.56. The van der Waals surface area contributed by atoms with Crippen LogP contribution in [0.5, 0.6) is 5.75 Å². The van der Waals surface area contributed by atoms with Gasteiger partial charge >= 0.3 is 6.09 Å².